The summed E-state index contributed by atoms with van der Waals surface area (Å²) in [5.41, 5.74) is 0.126. The molecule has 0 spiro atoms. The van der Waals surface area contributed by atoms with Crippen LogP contribution in [0.1, 0.15) is 38.5 Å². The predicted molar refractivity (Wildman–Crippen MR) is 78.0 cm³/mol. The molecule has 0 saturated heterocycles. The Bertz CT molecular complexity index is 323. The maximum absolute atomic E-state index is 11.5. The Kier molecular flexibility index (Phi) is 3.82. The van der Waals surface area contributed by atoms with Gasteiger partial charge in [0.2, 0.25) is 5.91 Å². The summed E-state index contributed by atoms with van der Waals surface area (Å²) in [6, 6.07) is 0. The van der Waals surface area contributed by atoms with Crippen molar-refractivity contribution < 1.29 is 9.90 Å². The molecule has 0 aliphatic heterocycles. The minimum Gasteiger partial charge on any atom is -0.391 e. The monoisotopic (exact) mass is 283 g/mol. The molecule has 0 aromatic carbocycles. The van der Waals surface area contributed by atoms with Crippen LogP contribution in [0.15, 0.2) is 0 Å². The molecule has 19 heavy (non-hydrogen) atoms. The molecule has 4 aliphatic carbocycles. The highest BCUT2D eigenvalue weighted by Gasteiger charge is 2.53. The van der Waals surface area contributed by atoms with Gasteiger partial charge in [0, 0.05) is 6.54 Å². The van der Waals surface area contributed by atoms with Gasteiger partial charge in [0.05, 0.1) is 11.9 Å². The van der Waals surface area contributed by atoms with Gasteiger partial charge in [0.25, 0.3) is 0 Å². The van der Waals surface area contributed by atoms with Crippen molar-refractivity contribution in [2.75, 3.05) is 18.6 Å². The second-order valence-electron chi connectivity index (χ2n) is 7.03. The lowest BCUT2D eigenvalue weighted by atomic mass is 9.48. The van der Waals surface area contributed by atoms with Crippen molar-refractivity contribution in [1.82, 2.24) is 5.32 Å². The first-order valence-corrected chi connectivity index (χ1v) is 8.94. The number of hydrogen-bond donors (Lipinski definition) is 2. The fourth-order valence-electron chi connectivity index (χ4n) is 5.19. The molecule has 1 amide bonds. The standard InChI is InChI=1S/C15H25NO2S/c1-19-9-14(18)16-8-13(17)15-5-10-2-11(6-15)4-12(3-10)7-15/h10-13,17H,2-9H2,1H3,(H,16,18)/t10?,11?,12?,13-,15?/m0/s1. The molecule has 108 valence electrons. The first-order valence-electron chi connectivity index (χ1n) is 7.55. The number of thioether (sulfide) groups is 1. The van der Waals surface area contributed by atoms with Crippen molar-refractivity contribution in [2.45, 2.75) is 44.6 Å². The van der Waals surface area contributed by atoms with Crippen LogP contribution < -0.4 is 5.32 Å². The van der Waals surface area contributed by atoms with E-state index in [9.17, 15) is 9.90 Å². The van der Waals surface area contributed by atoms with Crippen molar-refractivity contribution in [3.8, 4) is 0 Å². The lowest BCUT2D eigenvalue weighted by Crippen LogP contribution is -2.54. The third-order valence-electron chi connectivity index (χ3n) is 5.56. The first-order chi connectivity index (χ1) is 9.11. The highest BCUT2D eigenvalue weighted by atomic mass is 32.2. The molecule has 2 N–H and O–H groups in total. The SMILES string of the molecule is CSCC(=O)NC[C@H](O)C12CC3CC(CC(C3)C1)C2. The zero-order chi connectivity index (χ0) is 13.5. The molecule has 4 bridgehead atoms. The molecule has 3 nitrogen and oxygen atoms in total. The van der Waals surface area contributed by atoms with Crippen LogP contribution in [-0.2, 0) is 4.79 Å². The van der Waals surface area contributed by atoms with E-state index in [2.05, 4.69) is 5.32 Å². The molecule has 4 saturated carbocycles. The minimum absolute atomic E-state index is 0.0521. The number of carbonyl (C=O) groups is 1. The third kappa shape index (κ3) is 2.66. The Morgan fingerprint density at radius 3 is 2.26 bits per heavy atom. The maximum Gasteiger partial charge on any atom is 0.230 e. The Balaban J connectivity index is 1.60. The fourth-order valence-corrected chi connectivity index (χ4v) is 5.56. The van der Waals surface area contributed by atoms with Gasteiger partial charge in [0.15, 0.2) is 0 Å². The van der Waals surface area contributed by atoms with E-state index in [-0.39, 0.29) is 17.4 Å². The quantitative estimate of drug-likeness (QED) is 0.812. The number of aliphatic hydroxyl groups is 1. The molecule has 4 fully saturated rings. The molecule has 4 rings (SSSR count). The third-order valence-corrected chi connectivity index (χ3v) is 6.11. The van der Waals surface area contributed by atoms with Gasteiger partial charge >= 0.3 is 0 Å². The van der Waals surface area contributed by atoms with E-state index >= 15 is 0 Å². The van der Waals surface area contributed by atoms with E-state index in [0.29, 0.717) is 12.3 Å². The van der Waals surface area contributed by atoms with Gasteiger partial charge in [-0.2, -0.15) is 11.8 Å². The van der Waals surface area contributed by atoms with Gasteiger partial charge < -0.3 is 10.4 Å². The average molecular weight is 283 g/mol. The van der Waals surface area contributed by atoms with Crippen molar-refractivity contribution in [3.05, 3.63) is 0 Å². The minimum atomic E-state index is -0.341. The zero-order valence-electron chi connectivity index (χ0n) is 11.7. The van der Waals surface area contributed by atoms with E-state index in [1.54, 1.807) is 0 Å². The normalized spacial score (nSPS) is 41.3. The lowest BCUT2D eigenvalue weighted by molar-refractivity contribution is -0.127. The van der Waals surface area contributed by atoms with Crippen LogP contribution in [0.25, 0.3) is 0 Å². The highest BCUT2D eigenvalue weighted by molar-refractivity contribution is 7.99. The summed E-state index contributed by atoms with van der Waals surface area (Å²) in [7, 11) is 0. The Morgan fingerprint density at radius 1 is 1.26 bits per heavy atom. The van der Waals surface area contributed by atoms with E-state index in [0.717, 1.165) is 17.8 Å². The summed E-state index contributed by atoms with van der Waals surface area (Å²) in [5, 5.41) is 13.5. The maximum atomic E-state index is 11.5. The number of hydrogen-bond acceptors (Lipinski definition) is 3. The summed E-state index contributed by atoms with van der Waals surface area (Å²) in [6.07, 6.45) is 9.34. The van der Waals surface area contributed by atoms with Crippen LogP contribution >= 0.6 is 11.8 Å². The van der Waals surface area contributed by atoms with Gasteiger partial charge in [-0.25, -0.2) is 0 Å². The molecule has 0 aromatic heterocycles. The zero-order valence-corrected chi connectivity index (χ0v) is 12.5. The number of aliphatic hydroxyl groups excluding tert-OH is 1. The Labute approximate surface area is 119 Å². The van der Waals surface area contributed by atoms with Crippen LogP contribution in [0, 0.1) is 23.2 Å². The van der Waals surface area contributed by atoms with E-state index < -0.39 is 0 Å². The smallest absolute Gasteiger partial charge is 0.230 e. The van der Waals surface area contributed by atoms with Crippen molar-refractivity contribution >= 4 is 17.7 Å². The Hall–Kier alpha value is -0.220. The molecule has 0 aromatic rings. The summed E-state index contributed by atoms with van der Waals surface area (Å²) in [6.45, 7) is 0.450. The van der Waals surface area contributed by atoms with Gasteiger partial charge in [-0.1, -0.05) is 0 Å². The first kappa shape index (κ1) is 13.7. The van der Waals surface area contributed by atoms with Crippen LogP contribution in [0.5, 0.6) is 0 Å². The fraction of sp³-hybridized carbons (Fsp3) is 0.933. The second kappa shape index (κ2) is 5.28. The molecule has 0 heterocycles. The van der Waals surface area contributed by atoms with Crippen molar-refractivity contribution in [1.29, 1.82) is 0 Å². The van der Waals surface area contributed by atoms with E-state index in [1.807, 2.05) is 6.26 Å². The lowest BCUT2D eigenvalue weighted by Gasteiger charge is -2.58. The molecular formula is C15H25NO2S. The summed E-state index contributed by atoms with van der Waals surface area (Å²) in [4.78, 5) is 11.5. The number of carbonyl (C=O) groups excluding carboxylic acids is 1. The van der Waals surface area contributed by atoms with Crippen molar-refractivity contribution in [2.24, 2.45) is 23.2 Å². The number of rotatable bonds is 5. The number of nitrogens with one attached hydrogen (secondary N) is 1. The van der Waals surface area contributed by atoms with Gasteiger partial charge in [-0.05, 0) is 67.9 Å². The van der Waals surface area contributed by atoms with E-state index in [1.165, 1.54) is 50.3 Å². The average Bonchev–Trinajstić information content (AvgIpc) is 2.34. The van der Waals surface area contributed by atoms with Gasteiger partial charge in [-0.3, -0.25) is 4.79 Å². The predicted octanol–water partition coefficient (Wildman–Crippen LogP) is 2.04. The molecule has 0 unspecified atom stereocenters. The van der Waals surface area contributed by atoms with Crippen LogP contribution in [0.3, 0.4) is 0 Å². The second-order valence-corrected chi connectivity index (χ2v) is 7.90. The molecular weight excluding hydrogens is 258 g/mol. The summed E-state index contributed by atoms with van der Waals surface area (Å²) < 4.78 is 0. The van der Waals surface area contributed by atoms with Gasteiger partial charge in [-0.15, -0.1) is 0 Å². The molecule has 0 radical (unpaired) electrons. The van der Waals surface area contributed by atoms with Gasteiger partial charge in [0.1, 0.15) is 0 Å². The highest BCUT2D eigenvalue weighted by Crippen LogP contribution is 2.61. The Morgan fingerprint density at radius 2 is 1.79 bits per heavy atom. The largest absolute Gasteiger partial charge is 0.391 e. The van der Waals surface area contributed by atoms with Crippen LogP contribution in [-0.4, -0.2) is 35.7 Å². The topological polar surface area (TPSA) is 49.3 Å². The van der Waals surface area contributed by atoms with E-state index in [4.69, 9.17) is 0 Å². The van der Waals surface area contributed by atoms with Crippen LogP contribution in [0.2, 0.25) is 0 Å². The van der Waals surface area contributed by atoms with Crippen LogP contribution in [0.4, 0.5) is 0 Å². The molecule has 4 aliphatic rings. The van der Waals surface area contributed by atoms with Crippen molar-refractivity contribution in [3.63, 3.8) is 0 Å². The molecule has 4 heteroatoms. The number of amides is 1. The summed E-state index contributed by atoms with van der Waals surface area (Å²) in [5.74, 6) is 3.10. The molecule has 1 atom stereocenters. The summed E-state index contributed by atoms with van der Waals surface area (Å²) >= 11 is 1.53.